The van der Waals surface area contributed by atoms with Crippen LogP contribution in [0, 0.1) is 0 Å². The van der Waals surface area contributed by atoms with Gasteiger partial charge in [0.25, 0.3) is 0 Å². The predicted molar refractivity (Wildman–Crippen MR) is 47.5 cm³/mol. The van der Waals surface area contributed by atoms with Gasteiger partial charge < -0.3 is 0 Å². The van der Waals surface area contributed by atoms with Crippen molar-refractivity contribution in [3.05, 3.63) is 0 Å². The average molecular weight is 353 g/mol. The first-order valence-corrected chi connectivity index (χ1v) is 7.57. The molecule has 2 nitrogen and oxygen atoms in total. The predicted octanol–water partition coefficient (Wildman–Crippen LogP) is 2.15. The molecule has 0 N–H and O–H groups in total. The molecule has 0 fully saturated rings. The molecule has 0 aromatic heterocycles. The van der Waals surface area contributed by atoms with Gasteiger partial charge in [0.15, 0.2) is 0 Å². The summed E-state index contributed by atoms with van der Waals surface area (Å²) in [6, 6.07) is 0. The van der Waals surface area contributed by atoms with E-state index < -0.39 is 25.1 Å². The summed E-state index contributed by atoms with van der Waals surface area (Å²) in [4.78, 5) is 0. The molecular weight excluding hydrogens is 335 g/mol. The molecule has 3 heteroatoms. The van der Waals surface area contributed by atoms with E-state index in [1.807, 2.05) is 0 Å². The first-order valence-electron chi connectivity index (χ1n) is 4.40. The van der Waals surface area contributed by atoms with Crippen LogP contribution < -0.4 is 0 Å². The molecule has 0 amide bonds. The van der Waals surface area contributed by atoms with Crippen molar-refractivity contribution >= 4 is 25.1 Å². The molecule has 64 valence electrons. The molecule has 0 aromatic carbocycles. The van der Waals surface area contributed by atoms with E-state index in [0.717, 1.165) is 13.2 Å². The van der Waals surface area contributed by atoms with Gasteiger partial charge >= 0.3 is 83.3 Å². The van der Waals surface area contributed by atoms with Crippen molar-refractivity contribution in [2.75, 3.05) is 13.2 Å². The topological polar surface area (TPSA) is 18.5 Å². The monoisotopic (exact) mass is 354 g/mol. The molecular formula is C8H18O2Pb+2. The third-order valence-corrected chi connectivity index (χ3v) is 3.82. The molecule has 0 aliphatic carbocycles. The average Bonchev–Trinajstić information content (AvgIpc) is 2.03. The number of rotatable bonds is 8. The quantitative estimate of drug-likeness (QED) is 0.492. The number of hydrogen-bond acceptors (Lipinski definition) is 2. The second kappa shape index (κ2) is 10.8. The fraction of sp³-hybridized carbons (Fsp3) is 1.00. The van der Waals surface area contributed by atoms with E-state index in [0.29, 0.717) is 0 Å². The van der Waals surface area contributed by atoms with E-state index in [1.165, 1.54) is 25.7 Å². The summed E-state index contributed by atoms with van der Waals surface area (Å²) in [5, 5.41) is 0. The van der Waals surface area contributed by atoms with E-state index in [2.05, 4.69) is 13.8 Å². The standard InChI is InChI=1S/2C4H9O.Pb/c2*1-2-3-4-5;/h2*2-4H2,1H3;/q2*-1;+4. The van der Waals surface area contributed by atoms with E-state index >= 15 is 0 Å². The SMILES string of the molecule is CCCC[O][Pb+2][O]CCCC. The van der Waals surface area contributed by atoms with Gasteiger partial charge in [0, 0.05) is 0 Å². The maximum atomic E-state index is 5.39. The molecule has 0 aromatic rings. The Labute approximate surface area is 83.2 Å². The minimum atomic E-state index is -1.07. The third kappa shape index (κ3) is 10.8. The summed E-state index contributed by atoms with van der Waals surface area (Å²) in [6.45, 7) is 6.20. The van der Waals surface area contributed by atoms with Gasteiger partial charge in [-0.15, -0.1) is 0 Å². The van der Waals surface area contributed by atoms with Crippen molar-refractivity contribution in [1.82, 2.24) is 0 Å². The molecule has 0 heterocycles. The molecule has 0 bridgehead atoms. The summed E-state index contributed by atoms with van der Waals surface area (Å²) in [5.41, 5.74) is 0. The van der Waals surface area contributed by atoms with E-state index in [1.54, 1.807) is 0 Å². The van der Waals surface area contributed by atoms with Crippen LogP contribution >= 0.6 is 0 Å². The molecule has 0 aliphatic heterocycles. The molecule has 0 unspecified atom stereocenters. The summed E-state index contributed by atoms with van der Waals surface area (Å²) in [6.07, 6.45) is 4.81. The zero-order chi connectivity index (χ0) is 8.36. The van der Waals surface area contributed by atoms with Gasteiger partial charge in [-0.2, -0.15) is 0 Å². The van der Waals surface area contributed by atoms with Gasteiger partial charge in [0.05, 0.1) is 0 Å². The van der Waals surface area contributed by atoms with Crippen LogP contribution in [0.2, 0.25) is 0 Å². The fourth-order valence-corrected chi connectivity index (χ4v) is 2.65. The Balaban J connectivity index is 2.69. The van der Waals surface area contributed by atoms with Crippen molar-refractivity contribution in [3.63, 3.8) is 0 Å². The van der Waals surface area contributed by atoms with Crippen molar-refractivity contribution in [2.45, 2.75) is 39.5 Å². The molecule has 11 heavy (non-hydrogen) atoms. The van der Waals surface area contributed by atoms with E-state index in [4.69, 9.17) is 5.37 Å². The Bertz CT molecular complexity index is 61.1. The summed E-state index contributed by atoms with van der Waals surface area (Å²) < 4.78 is 10.8. The fourth-order valence-electron chi connectivity index (χ4n) is 0.558. The maximum absolute atomic E-state index is 5.39. The Morgan fingerprint density at radius 2 is 1.36 bits per heavy atom. The van der Waals surface area contributed by atoms with Gasteiger partial charge in [-0.05, 0) is 0 Å². The minimum absolute atomic E-state index is 0.922. The van der Waals surface area contributed by atoms with Gasteiger partial charge in [-0.3, -0.25) is 0 Å². The van der Waals surface area contributed by atoms with Crippen LogP contribution in [0.3, 0.4) is 0 Å². The molecule has 0 saturated heterocycles. The van der Waals surface area contributed by atoms with Crippen LogP contribution in [0.4, 0.5) is 0 Å². The Kier molecular flexibility index (Phi) is 11.7. The van der Waals surface area contributed by atoms with Gasteiger partial charge in [-0.25, -0.2) is 0 Å². The molecule has 0 saturated carbocycles. The van der Waals surface area contributed by atoms with Crippen LogP contribution in [-0.2, 0) is 5.37 Å². The Morgan fingerprint density at radius 1 is 0.909 bits per heavy atom. The first-order chi connectivity index (χ1) is 5.41. The molecule has 0 atom stereocenters. The molecule has 0 aliphatic rings. The second-order valence-electron chi connectivity index (χ2n) is 2.49. The van der Waals surface area contributed by atoms with E-state index in [-0.39, 0.29) is 0 Å². The van der Waals surface area contributed by atoms with Crippen molar-refractivity contribution in [1.29, 1.82) is 0 Å². The molecule has 0 spiro atoms. The summed E-state index contributed by atoms with van der Waals surface area (Å²) in [5.74, 6) is 0. The van der Waals surface area contributed by atoms with Crippen molar-refractivity contribution < 1.29 is 5.37 Å². The zero-order valence-corrected chi connectivity index (χ0v) is 11.4. The molecule has 0 rings (SSSR count). The van der Waals surface area contributed by atoms with Crippen LogP contribution in [0.25, 0.3) is 0 Å². The first kappa shape index (κ1) is 11.8. The van der Waals surface area contributed by atoms with Crippen LogP contribution in [0.5, 0.6) is 0 Å². The van der Waals surface area contributed by atoms with Crippen LogP contribution in [0.15, 0.2) is 0 Å². The van der Waals surface area contributed by atoms with Gasteiger partial charge in [0.2, 0.25) is 0 Å². The second-order valence-corrected chi connectivity index (χ2v) is 5.38. The van der Waals surface area contributed by atoms with Crippen molar-refractivity contribution in [2.24, 2.45) is 0 Å². The van der Waals surface area contributed by atoms with E-state index in [9.17, 15) is 0 Å². The normalized spacial score (nSPS) is 9.64. The Hall–Kier alpha value is 0.842. The summed E-state index contributed by atoms with van der Waals surface area (Å²) in [7, 11) is 0. The van der Waals surface area contributed by atoms with Gasteiger partial charge in [-0.1, -0.05) is 0 Å². The summed E-state index contributed by atoms with van der Waals surface area (Å²) >= 11 is -1.07. The molecule has 0 radical (unpaired) electrons. The van der Waals surface area contributed by atoms with Gasteiger partial charge in [0.1, 0.15) is 0 Å². The van der Waals surface area contributed by atoms with Crippen molar-refractivity contribution in [3.8, 4) is 0 Å². The van der Waals surface area contributed by atoms with Crippen LogP contribution in [0.1, 0.15) is 39.5 Å². The Morgan fingerprint density at radius 3 is 1.73 bits per heavy atom. The third-order valence-electron chi connectivity index (χ3n) is 1.32. The zero-order valence-electron chi connectivity index (χ0n) is 7.56. The number of unbranched alkanes of at least 4 members (excludes halogenated alkanes) is 2. The van der Waals surface area contributed by atoms with Crippen LogP contribution in [-0.4, -0.2) is 38.4 Å². The number of hydrogen-bond donors (Lipinski definition) is 0.